The molecule has 19 heteroatoms. The van der Waals surface area contributed by atoms with E-state index >= 15 is 0 Å². The third-order valence-corrected chi connectivity index (χ3v) is 17.0. The summed E-state index contributed by atoms with van der Waals surface area (Å²) >= 11 is 8.46. The number of anilines is 2. The number of piperazine rings is 1. The van der Waals surface area contributed by atoms with E-state index in [1.807, 2.05) is 103 Å². The molecular formula is C57H75ClFN11O5S. The number of carbonyl (C=O) groups is 4. The van der Waals surface area contributed by atoms with Crippen LogP contribution in [0.3, 0.4) is 0 Å². The van der Waals surface area contributed by atoms with E-state index < -0.39 is 29.5 Å². The number of imidazole rings is 1. The third-order valence-electron chi connectivity index (χ3n) is 15.8. The number of aromatic nitrogens is 3. The Kier molecular flexibility index (Phi) is 16.8. The number of amides is 4. The first kappa shape index (κ1) is 55.1. The van der Waals surface area contributed by atoms with Gasteiger partial charge in [-0.2, -0.15) is 0 Å². The van der Waals surface area contributed by atoms with Crippen molar-refractivity contribution in [3.05, 3.63) is 92.8 Å². The number of likely N-dealkylation sites (tertiary alicyclic amines) is 1. The summed E-state index contributed by atoms with van der Waals surface area (Å²) in [4.78, 5) is 73.4. The maximum atomic E-state index is 14.7. The number of thiazole rings is 1. The maximum absolute atomic E-state index is 14.7. The summed E-state index contributed by atoms with van der Waals surface area (Å²) < 4.78 is 16.9. The molecule has 0 aliphatic carbocycles. The number of unbranched alkanes of at least 4 members (excludes halogenated alkanes) is 1. The summed E-state index contributed by atoms with van der Waals surface area (Å²) in [6.07, 6.45) is 1.72. The molecule has 16 nitrogen and oxygen atoms in total. The van der Waals surface area contributed by atoms with Crippen LogP contribution in [0.2, 0.25) is 5.02 Å². The van der Waals surface area contributed by atoms with Crippen LogP contribution < -0.4 is 31.1 Å². The van der Waals surface area contributed by atoms with Gasteiger partial charge in [-0.25, -0.2) is 14.4 Å². The molecule has 6 heterocycles. The summed E-state index contributed by atoms with van der Waals surface area (Å²) in [5.41, 5.74) is 9.57. The summed E-state index contributed by atoms with van der Waals surface area (Å²) in [5, 5.41) is 23.7. The first-order valence-corrected chi connectivity index (χ1v) is 28.3. The fraction of sp³-hybridized carbons (Fsp3) is 0.544. The van der Waals surface area contributed by atoms with Gasteiger partial charge in [-0.3, -0.25) is 24.1 Å². The van der Waals surface area contributed by atoms with Gasteiger partial charge in [-0.1, -0.05) is 68.8 Å². The number of halogens is 2. The summed E-state index contributed by atoms with van der Waals surface area (Å²) in [5.74, 6) is -0.416. The van der Waals surface area contributed by atoms with E-state index in [0.29, 0.717) is 47.5 Å². The van der Waals surface area contributed by atoms with Crippen molar-refractivity contribution in [3.63, 3.8) is 0 Å². The molecule has 5 aromatic rings. The quantitative estimate of drug-likeness (QED) is 0.0544. The zero-order valence-corrected chi connectivity index (χ0v) is 46.7. The van der Waals surface area contributed by atoms with Crippen molar-refractivity contribution >= 4 is 69.2 Å². The van der Waals surface area contributed by atoms with Crippen LogP contribution >= 0.6 is 22.9 Å². The van der Waals surface area contributed by atoms with Crippen LogP contribution in [0.25, 0.3) is 21.5 Å². The molecule has 4 fully saturated rings. The highest BCUT2D eigenvalue weighted by Gasteiger charge is 2.49. The van der Waals surface area contributed by atoms with Gasteiger partial charge in [0, 0.05) is 95.1 Å². The van der Waals surface area contributed by atoms with Gasteiger partial charge in [0.25, 0.3) is 0 Å². The second-order valence-corrected chi connectivity index (χ2v) is 24.2. The predicted octanol–water partition coefficient (Wildman–Crippen LogP) is 6.89. The molecule has 4 atom stereocenters. The lowest BCUT2D eigenvalue weighted by molar-refractivity contribution is -0.144. The average Bonchev–Trinajstić information content (AvgIpc) is 4.10. The number of β-amino-alcohol motifs (C(OH)–C–C–N with tert-alkyl or cyclic N) is 1. The van der Waals surface area contributed by atoms with Crippen molar-refractivity contribution in [3.8, 4) is 10.4 Å². The molecule has 0 radical (unpaired) electrons. The predicted molar refractivity (Wildman–Crippen MR) is 298 cm³/mol. The largest absolute Gasteiger partial charge is 0.391 e. The fourth-order valence-electron chi connectivity index (χ4n) is 11.4. The molecule has 76 heavy (non-hydrogen) atoms. The minimum atomic E-state index is -0.939. The Labute approximate surface area is 455 Å². The van der Waals surface area contributed by atoms with E-state index in [9.17, 15) is 28.7 Å². The number of carbonyl (C=O) groups excluding carboxylic acids is 4. The lowest BCUT2D eigenvalue weighted by atomic mass is 9.75. The zero-order valence-electron chi connectivity index (χ0n) is 45.1. The molecule has 4 aliphatic heterocycles. The molecule has 4 aliphatic rings. The number of hydrogen-bond acceptors (Lipinski definition) is 12. The van der Waals surface area contributed by atoms with Crippen LogP contribution in [-0.2, 0) is 25.7 Å². The lowest BCUT2D eigenvalue weighted by Crippen LogP contribution is -2.71. The van der Waals surface area contributed by atoms with Crippen LogP contribution in [0.15, 0.2) is 54.0 Å². The molecule has 1 spiro atoms. The Bertz CT molecular complexity index is 2900. The molecule has 2 aromatic heterocycles. The summed E-state index contributed by atoms with van der Waals surface area (Å²) in [6, 6.07) is 13.7. The van der Waals surface area contributed by atoms with Gasteiger partial charge in [0.2, 0.25) is 29.6 Å². The Morgan fingerprint density at radius 1 is 0.921 bits per heavy atom. The van der Waals surface area contributed by atoms with Crippen LogP contribution in [-0.4, -0.2) is 143 Å². The first-order valence-electron chi connectivity index (χ1n) is 27.0. The Morgan fingerprint density at radius 2 is 1.62 bits per heavy atom. The molecule has 0 saturated carbocycles. The number of nitrogens with zero attached hydrogens (tertiary/aromatic N) is 7. The zero-order chi connectivity index (χ0) is 54.1. The molecular weight excluding hydrogens is 1010 g/mol. The smallest absolute Gasteiger partial charge is 0.246 e. The monoisotopic (exact) mass is 1080 g/mol. The van der Waals surface area contributed by atoms with Gasteiger partial charge in [-0.05, 0) is 98.9 Å². The number of aryl methyl sites for hydroxylation is 3. The van der Waals surface area contributed by atoms with E-state index in [-0.39, 0.29) is 49.0 Å². The standard InChI is InChI=1S/C57H75ClFN11O5S/c1-35-23-39(24-36(2)49(35)59)28-70-45-26-42(58)25-44(50(45)65-55(70)68-32-57(33-68)30-60-31-57)67-21-19-66(20-22-67)18-9-8-11-47(72)61-17-10-12-48(73)64-52(56(5,6)7)54(75)69-29-43(71)27-46(69)53(74)63-37(3)40-13-15-41(16-14-40)51-38(4)62-34-76-51/h13-16,23-26,34,37,43,46,52,60,71H,8-12,17-22,27-33H2,1-7H3,(H,61,72)(H,63,74)(H,64,73)/t37-,43+,46-,52+/m0/s1. The molecule has 0 bridgehead atoms. The van der Waals surface area contributed by atoms with Gasteiger partial charge < -0.3 is 45.6 Å². The number of aliphatic hydroxyl groups is 1. The average molecular weight is 1080 g/mol. The number of nitrogens with one attached hydrogen (secondary N) is 4. The van der Waals surface area contributed by atoms with Gasteiger partial charge in [0.05, 0.1) is 46.0 Å². The minimum Gasteiger partial charge on any atom is -0.391 e. The van der Waals surface area contributed by atoms with Gasteiger partial charge in [-0.15, -0.1) is 11.3 Å². The van der Waals surface area contributed by atoms with Crippen LogP contribution in [0, 0.1) is 37.4 Å². The van der Waals surface area contributed by atoms with Crippen molar-refractivity contribution < 1.29 is 28.7 Å². The Balaban J connectivity index is 0.703. The minimum absolute atomic E-state index is 0.0128. The number of benzene rings is 3. The highest BCUT2D eigenvalue weighted by atomic mass is 35.5. The number of rotatable bonds is 19. The molecule has 3 aromatic carbocycles. The van der Waals surface area contributed by atoms with Crippen molar-refractivity contribution in [1.82, 2.24) is 45.6 Å². The fourth-order valence-corrected chi connectivity index (χ4v) is 12.4. The van der Waals surface area contributed by atoms with E-state index in [0.717, 1.165) is 122 Å². The van der Waals surface area contributed by atoms with Crippen LogP contribution in [0.5, 0.6) is 0 Å². The van der Waals surface area contributed by atoms with Crippen molar-refractivity contribution in [2.75, 3.05) is 81.8 Å². The van der Waals surface area contributed by atoms with Crippen molar-refractivity contribution in [2.45, 2.75) is 118 Å². The first-order chi connectivity index (χ1) is 36.3. The van der Waals surface area contributed by atoms with Crippen LogP contribution in [0.1, 0.15) is 100 Å². The third kappa shape index (κ3) is 12.4. The van der Waals surface area contributed by atoms with Crippen molar-refractivity contribution in [2.24, 2.45) is 10.8 Å². The summed E-state index contributed by atoms with van der Waals surface area (Å²) in [6.45, 7) is 22.1. The SMILES string of the molecule is Cc1cc(Cn2c(N3CC4(CNC4)C3)nc3c(N4CCN(CCCCC(=O)NCCCC(=O)N[C@H](C(=O)N5C[C@H](O)C[C@H]5C(=O)N[C@@H](C)c5ccc(-c6scnc6C)cc5)C(C)(C)C)CC4)cc(Cl)cc32)cc(C)c1F. The highest BCUT2D eigenvalue weighted by molar-refractivity contribution is 7.13. The number of fused-ring (bicyclic) bond motifs is 1. The Hall–Kier alpha value is -5.66. The summed E-state index contributed by atoms with van der Waals surface area (Å²) in [7, 11) is 0. The molecule has 9 rings (SSSR count). The lowest BCUT2D eigenvalue weighted by Gasteiger charge is -2.56. The second-order valence-electron chi connectivity index (χ2n) is 22.9. The van der Waals surface area contributed by atoms with Crippen LogP contribution in [0.4, 0.5) is 16.0 Å². The van der Waals surface area contributed by atoms with Gasteiger partial charge >= 0.3 is 0 Å². The molecule has 4 amide bonds. The van der Waals surface area contributed by atoms with E-state index in [1.54, 1.807) is 11.3 Å². The van der Waals surface area contributed by atoms with Gasteiger partial charge in [0.15, 0.2) is 0 Å². The molecule has 408 valence electrons. The van der Waals surface area contributed by atoms with E-state index in [4.69, 9.17) is 16.6 Å². The maximum Gasteiger partial charge on any atom is 0.246 e. The van der Waals surface area contributed by atoms with Gasteiger partial charge in [0.1, 0.15) is 23.4 Å². The highest BCUT2D eigenvalue weighted by Crippen LogP contribution is 2.41. The normalized spacial score (nSPS) is 19.4. The molecule has 0 unspecified atom stereocenters. The number of aliphatic hydroxyl groups excluding tert-OH is 1. The van der Waals surface area contributed by atoms with E-state index in [2.05, 4.69) is 45.5 Å². The van der Waals surface area contributed by atoms with Crippen molar-refractivity contribution in [1.29, 1.82) is 0 Å². The second kappa shape index (κ2) is 23.1. The molecule has 5 N–H and O–H groups in total. The topological polar surface area (TPSA) is 180 Å². The van der Waals surface area contributed by atoms with E-state index in [1.165, 1.54) is 4.90 Å². The Morgan fingerprint density at radius 3 is 2.26 bits per heavy atom. The molecule has 4 saturated heterocycles. The number of hydrogen-bond donors (Lipinski definition) is 5.